The first kappa shape index (κ1) is 25.7. The predicted octanol–water partition coefficient (Wildman–Crippen LogP) is 4.65. The minimum atomic E-state index is -0.974. The van der Waals surface area contributed by atoms with Gasteiger partial charge in [-0.3, -0.25) is 24.3 Å². The van der Waals surface area contributed by atoms with E-state index in [0.717, 1.165) is 27.4 Å². The fraction of sp³-hybridized carbons (Fsp3) is 0.161. The van der Waals surface area contributed by atoms with Crippen molar-refractivity contribution < 1.29 is 19.1 Å². The number of para-hydroxylation sites is 3. The number of aromatic nitrogens is 2. The highest BCUT2D eigenvalue weighted by Gasteiger charge is 2.30. The largest absolute Gasteiger partial charge is 0.465 e. The van der Waals surface area contributed by atoms with Crippen molar-refractivity contribution in [1.82, 2.24) is 15.3 Å². The number of nitrogens with zero attached hydrogens (tertiary/aromatic N) is 2. The first-order chi connectivity index (χ1) is 19.0. The second-order valence-corrected chi connectivity index (χ2v) is 9.07. The van der Waals surface area contributed by atoms with Crippen LogP contribution in [-0.4, -0.2) is 46.9 Å². The molecule has 2 aromatic heterocycles. The van der Waals surface area contributed by atoms with Gasteiger partial charge in [0.15, 0.2) is 0 Å². The molecule has 0 radical (unpaired) electrons. The molecule has 0 saturated heterocycles. The lowest BCUT2D eigenvalue weighted by Crippen LogP contribution is -2.51. The Morgan fingerprint density at radius 1 is 0.974 bits per heavy atom. The fourth-order valence-corrected chi connectivity index (χ4v) is 4.59. The van der Waals surface area contributed by atoms with Gasteiger partial charge < -0.3 is 15.0 Å². The highest BCUT2D eigenvalue weighted by Crippen LogP contribution is 2.22. The van der Waals surface area contributed by atoms with Gasteiger partial charge in [0.25, 0.3) is 5.91 Å². The molecular weight excluding hydrogens is 492 g/mol. The molecule has 0 aliphatic heterocycles. The number of hydrogen-bond donors (Lipinski definition) is 2. The van der Waals surface area contributed by atoms with E-state index in [9.17, 15) is 14.4 Å². The minimum Gasteiger partial charge on any atom is -0.465 e. The Hall–Kier alpha value is -4.98. The van der Waals surface area contributed by atoms with Crippen molar-refractivity contribution in [3.63, 3.8) is 0 Å². The molecule has 196 valence electrons. The number of ether oxygens (including phenoxy) is 1. The van der Waals surface area contributed by atoms with Crippen molar-refractivity contribution in [2.75, 3.05) is 18.1 Å². The summed E-state index contributed by atoms with van der Waals surface area (Å²) in [4.78, 5) is 49.0. The topological polar surface area (TPSA) is 104 Å². The molecule has 0 aliphatic carbocycles. The summed E-state index contributed by atoms with van der Waals surface area (Å²) in [6, 6.07) is 24.9. The normalized spacial score (nSPS) is 11.7. The number of amides is 2. The van der Waals surface area contributed by atoms with Gasteiger partial charge in [0.1, 0.15) is 12.6 Å². The Morgan fingerprint density at radius 2 is 1.72 bits per heavy atom. The van der Waals surface area contributed by atoms with Crippen molar-refractivity contribution in [2.45, 2.75) is 19.4 Å². The zero-order valence-electron chi connectivity index (χ0n) is 21.5. The maximum absolute atomic E-state index is 14.1. The molecule has 0 aliphatic rings. The summed E-state index contributed by atoms with van der Waals surface area (Å²) in [5.74, 6) is -1.40. The fourth-order valence-electron chi connectivity index (χ4n) is 4.59. The molecule has 3 aromatic carbocycles. The molecular formula is C31H28N4O4. The van der Waals surface area contributed by atoms with E-state index in [1.165, 1.54) is 11.1 Å². The van der Waals surface area contributed by atoms with E-state index in [2.05, 4.69) is 15.3 Å². The molecule has 2 amide bonds. The van der Waals surface area contributed by atoms with Crippen molar-refractivity contribution in [3.8, 4) is 0 Å². The average molecular weight is 521 g/mol. The van der Waals surface area contributed by atoms with Gasteiger partial charge >= 0.3 is 5.97 Å². The first-order valence-corrected chi connectivity index (χ1v) is 12.8. The third kappa shape index (κ3) is 5.80. The lowest BCUT2D eigenvalue weighted by Gasteiger charge is -2.27. The predicted molar refractivity (Wildman–Crippen MR) is 150 cm³/mol. The smallest absolute Gasteiger partial charge is 0.326 e. The lowest BCUT2D eigenvalue weighted by molar-refractivity contribution is -0.142. The number of pyridine rings is 1. The number of hydrogen-bond acceptors (Lipinski definition) is 5. The van der Waals surface area contributed by atoms with Crippen molar-refractivity contribution in [3.05, 3.63) is 108 Å². The Morgan fingerprint density at radius 3 is 2.54 bits per heavy atom. The van der Waals surface area contributed by atoms with Gasteiger partial charge in [-0.15, -0.1) is 0 Å². The van der Waals surface area contributed by atoms with E-state index < -0.39 is 23.8 Å². The van der Waals surface area contributed by atoms with E-state index in [-0.39, 0.29) is 19.6 Å². The number of nitrogens with one attached hydrogen (secondary N) is 2. The third-order valence-corrected chi connectivity index (χ3v) is 6.48. The molecule has 0 saturated carbocycles. The average Bonchev–Trinajstić information content (AvgIpc) is 3.38. The molecule has 1 atom stereocenters. The summed E-state index contributed by atoms with van der Waals surface area (Å²) in [6.07, 6.45) is 3.55. The van der Waals surface area contributed by atoms with Crippen LogP contribution in [0.25, 0.3) is 21.8 Å². The van der Waals surface area contributed by atoms with Crippen molar-refractivity contribution >= 4 is 45.3 Å². The van der Waals surface area contributed by atoms with E-state index in [1.54, 1.807) is 37.3 Å². The summed E-state index contributed by atoms with van der Waals surface area (Å²) < 4.78 is 5.15. The van der Waals surface area contributed by atoms with Crippen LogP contribution in [0, 0.1) is 0 Å². The van der Waals surface area contributed by atoms with Crippen LogP contribution in [0.15, 0.2) is 97.3 Å². The summed E-state index contributed by atoms with van der Waals surface area (Å²) in [6.45, 7) is 1.62. The van der Waals surface area contributed by atoms with E-state index in [0.29, 0.717) is 11.3 Å². The van der Waals surface area contributed by atoms with Crippen LogP contribution < -0.4 is 10.2 Å². The minimum absolute atomic E-state index is 0.195. The number of anilines is 1. The molecule has 0 spiro atoms. The Labute approximate surface area is 225 Å². The number of fused-ring (bicyclic) bond motifs is 2. The van der Waals surface area contributed by atoms with Gasteiger partial charge in [0, 0.05) is 40.8 Å². The van der Waals surface area contributed by atoms with Crippen molar-refractivity contribution in [1.29, 1.82) is 0 Å². The zero-order chi connectivity index (χ0) is 27.2. The number of rotatable bonds is 9. The van der Waals surface area contributed by atoms with Crippen LogP contribution in [-0.2, 0) is 20.7 Å². The molecule has 8 nitrogen and oxygen atoms in total. The van der Waals surface area contributed by atoms with Gasteiger partial charge in [-0.25, -0.2) is 0 Å². The Bertz CT molecular complexity index is 1630. The van der Waals surface area contributed by atoms with Gasteiger partial charge in [0.05, 0.1) is 17.7 Å². The lowest BCUT2D eigenvalue weighted by atomic mass is 10.0. The Balaban J connectivity index is 1.50. The summed E-state index contributed by atoms with van der Waals surface area (Å²) in [7, 11) is 0. The van der Waals surface area contributed by atoms with Gasteiger partial charge in [-0.05, 0) is 42.8 Å². The first-order valence-electron chi connectivity index (χ1n) is 12.8. The Kier molecular flexibility index (Phi) is 7.63. The van der Waals surface area contributed by atoms with Crippen LogP contribution in [0.1, 0.15) is 22.8 Å². The molecule has 39 heavy (non-hydrogen) atoms. The molecule has 5 aromatic rings. The third-order valence-electron chi connectivity index (χ3n) is 6.48. The summed E-state index contributed by atoms with van der Waals surface area (Å²) >= 11 is 0. The highest BCUT2D eigenvalue weighted by molar-refractivity contribution is 6.05. The molecule has 1 unspecified atom stereocenters. The number of aromatic amines is 1. The number of esters is 1. The second-order valence-electron chi connectivity index (χ2n) is 9.07. The van der Waals surface area contributed by atoms with Crippen LogP contribution >= 0.6 is 0 Å². The van der Waals surface area contributed by atoms with E-state index in [4.69, 9.17) is 4.74 Å². The summed E-state index contributed by atoms with van der Waals surface area (Å²) in [5, 5.41) is 4.69. The molecule has 2 heterocycles. The monoisotopic (exact) mass is 520 g/mol. The van der Waals surface area contributed by atoms with Gasteiger partial charge in [-0.1, -0.05) is 54.6 Å². The van der Waals surface area contributed by atoms with E-state index >= 15 is 0 Å². The number of carbonyl (C=O) groups is 3. The van der Waals surface area contributed by atoms with Crippen LogP contribution in [0.3, 0.4) is 0 Å². The van der Waals surface area contributed by atoms with Gasteiger partial charge in [-0.2, -0.15) is 0 Å². The molecule has 5 rings (SSSR count). The number of H-pyrrole nitrogens is 1. The van der Waals surface area contributed by atoms with E-state index in [1.807, 2.05) is 60.8 Å². The zero-order valence-corrected chi connectivity index (χ0v) is 21.5. The van der Waals surface area contributed by atoms with Crippen LogP contribution in [0.4, 0.5) is 5.69 Å². The van der Waals surface area contributed by atoms with Crippen LogP contribution in [0.2, 0.25) is 0 Å². The number of benzene rings is 3. The maximum Gasteiger partial charge on any atom is 0.326 e. The second kappa shape index (κ2) is 11.6. The molecule has 0 bridgehead atoms. The summed E-state index contributed by atoms with van der Waals surface area (Å²) in [5.41, 5.74) is 3.42. The number of carbonyl (C=O) groups excluding carboxylic acids is 3. The standard InChI is InChI=1S/C31H28N4O4/c1-2-39-29(36)20-35(24-11-4-3-5-12-24)31(38)28(17-22-18-33-27-15-9-7-13-25(22)27)34-30(37)23-16-21-10-6-8-14-26(21)32-19-23/h3-16,18-19,28,33H,2,17,20H2,1H3,(H,34,37). The quantitative estimate of drug-likeness (QED) is 0.275. The molecule has 2 N–H and O–H groups in total. The molecule has 0 fully saturated rings. The maximum atomic E-state index is 14.1. The molecule has 8 heteroatoms. The van der Waals surface area contributed by atoms with Crippen molar-refractivity contribution in [2.24, 2.45) is 0 Å². The van der Waals surface area contributed by atoms with Gasteiger partial charge in [0.2, 0.25) is 5.91 Å². The SMILES string of the molecule is CCOC(=O)CN(C(=O)C(Cc1c[nH]c2ccccc12)NC(=O)c1cnc2ccccc2c1)c1ccccc1. The highest BCUT2D eigenvalue weighted by atomic mass is 16.5. The van der Waals surface area contributed by atoms with Crippen LogP contribution in [0.5, 0.6) is 0 Å².